The van der Waals surface area contributed by atoms with Crippen molar-refractivity contribution in [1.82, 2.24) is 5.32 Å². The maximum absolute atomic E-state index is 11.2. The number of amides is 1. The number of aliphatic carboxylic acids is 1. The van der Waals surface area contributed by atoms with Gasteiger partial charge in [-0.05, 0) is 20.8 Å². The Hall–Kier alpha value is -1.35. The van der Waals surface area contributed by atoms with Gasteiger partial charge in [0.25, 0.3) is 0 Å². The zero-order chi connectivity index (χ0) is 13.9. The Labute approximate surface area is 99.2 Å². The minimum Gasteiger partial charge on any atom is -0.480 e. The van der Waals surface area contributed by atoms with E-state index in [1.54, 1.807) is 20.8 Å². The van der Waals surface area contributed by atoms with Crippen LogP contribution in [0.25, 0.3) is 0 Å². The molecule has 0 aliphatic carbocycles. The van der Waals surface area contributed by atoms with Crippen molar-refractivity contribution < 1.29 is 27.9 Å². The first-order chi connectivity index (χ1) is 7.41. The minimum absolute atomic E-state index is 0.811. The molecule has 1 atom stereocenters. The summed E-state index contributed by atoms with van der Waals surface area (Å²) in [5, 5.41) is 15.3. The van der Waals surface area contributed by atoms with Gasteiger partial charge >= 0.3 is 12.1 Å². The number of nitrogens with two attached hydrogens (primary N) is 1. The molecule has 0 fully saturated rings. The van der Waals surface area contributed by atoms with E-state index in [0.717, 1.165) is 0 Å². The molecule has 0 aromatic heterocycles. The summed E-state index contributed by atoms with van der Waals surface area (Å²) in [7, 11) is -4.01. The molecule has 17 heavy (non-hydrogen) atoms. The number of hydrogen-bond acceptors (Lipinski definition) is 5. The van der Waals surface area contributed by atoms with Gasteiger partial charge in [0.05, 0.1) is 5.75 Å². The number of carbonyl (C=O) groups is 2. The van der Waals surface area contributed by atoms with Crippen molar-refractivity contribution in [2.75, 3.05) is 5.75 Å². The number of nitrogens with one attached hydrogen (secondary N) is 1. The fourth-order valence-electron chi connectivity index (χ4n) is 0.857. The quantitative estimate of drug-likeness (QED) is 0.614. The van der Waals surface area contributed by atoms with E-state index in [0.29, 0.717) is 0 Å². The predicted octanol–water partition coefficient (Wildman–Crippen LogP) is -0.747. The number of carboxylic acid groups (broad SMARTS) is 1. The number of rotatable bonds is 4. The predicted molar refractivity (Wildman–Crippen MR) is 58.8 cm³/mol. The summed E-state index contributed by atoms with van der Waals surface area (Å²) in [6.07, 6.45) is -1.02. The lowest BCUT2D eigenvalue weighted by Crippen LogP contribution is -2.48. The van der Waals surface area contributed by atoms with Crippen molar-refractivity contribution in [3.05, 3.63) is 0 Å². The highest BCUT2D eigenvalue weighted by molar-refractivity contribution is 7.89. The van der Waals surface area contributed by atoms with E-state index in [1.807, 2.05) is 5.32 Å². The first-order valence-corrected chi connectivity index (χ1v) is 6.35. The van der Waals surface area contributed by atoms with Crippen LogP contribution in [0.1, 0.15) is 20.8 Å². The smallest absolute Gasteiger partial charge is 0.408 e. The largest absolute Gasteiger partial charge is 0.480 e. The molecule has 0 unspecified atom stereocenters. The SMILES string of the molecule is CC(C)(C)OC(=O)N[C@@H](CS(N)(=O)=O)C(=O)O. The Morgan fingerprint density at radius 3 is 2.18 bits per heavy atom. The fourth-order valence-corrected chi connectivity index (χ4v) is 1.55. The standard InChI is InChI=1S/C8H16N2O6S/c1-8(2,3)16-7(13)10-5(6(11)12)4-17(9,14)15/h5H,4H2,1-3H3,(H,10,13)(H,11,12)(H2,9,14,15)/t5-/m0/s1. The van der Waals surface area contributed by atoms with E-state index >= 15 is 0 Å². The van der Waals surface area contributed by atoms with E-state index in [1.165, 1.54) is 0 Å². The molecular formula is C8H16N2O6S. The number of alkyl carbamates (subject to hydrolysis) is 1. The molecule has 4 N–H and O–H groups in total. The minimum atomic E-state index is -4.01. The Balaban J connectivity index is 4.58. The zero-order valence-corrected chi connectivity index (χ0v) is 10.6. The van der Waals surface area contributed by atoms with Gasteiger partial charge < -0.3 is 15.2 Å². The van der Waals surface area contributed by atoms with Crippen LogP contribution in [-0.2, 0) is 19.6 Å². The average molecular weight is 268 g/mol. The highest BCUT2D eigenvalue weighted by atomic mass is 32.2. The maximum Gasteiger partial charge on any atom is 0.408 e. The number of carboxylic acids is 1. The highest BCUT2D eigenvalue weighted by Crippen LogP contribution is 2.06. The van der Waals surface area contributed by atoms with Crippen molar-refractivity contribution in [2.24, 2.45) is 5.14 Å². The molecule has 0 saturated heterocycles. The lowest BCUT2D eigenvalue weighted by atomic mass is 10.2. The van der Waals surface area contributed by atoms with E-state index < -0.39 is 39.5 Å². The van der Waals surface area contributed by atoms with Crippen LogP contribution in [0.2, 0.25) is 0 Å². The van der Waals surface area contributed by atoms with Crippen LogP contribution in [0.5, 0.6) is 0 Å². The second-order valence-corrected chi connectivity index (χ2v) is 6.03. The first kappa shape index (κ1) is 15.7. The summed E-state index contributed by atoms with van der Waals surface area (Å²) in [4.78, 5) is 21.9. The van der Waals surface area contributed by atoms with Crippen LogP contribution in [0, 0.1) is 0 Å². The van der Waals surface area contributed by atoms with Gasteiger partial charge in [-0.1, -0.05) is 0 Å². The summed E-state index contributed by atoms with van der Waals surface area (Å²) >= 11 is 0. The molecule has 1 amide bonds. The Kier molecular flexibility index (Phi) is 4.90. The molecule has 0 aliphatic rings. The molecule has 0 aromatic rings. The zero-order valence-electron chi connectivity index (χ0n) is 9.76. The summed E-state index contributed by atoms with van der Waals surface area (Å²) < 4.78 is 26.3. The third kappa shape index (κ3) is 8.46. The highest BCUT2D eigenvalue weighted by Gasteiger charge is 2.27. The van der Waals surface area contributed by atoms with Crippen molar-refractivity contribution >= 4 is 22.1 Å². The summed E-state index contributed by atoms with van der Waals surface area (Å²) in [5.41, 5.74) is -0.811. The maximum atomic E-state index is 11.2. The van der Waals surface area contributed by atoms with Gasteiger partial charge in [-0.25, -0.2) is 23.1 Å². The van der Waals surface area contributed by atoms with Crippen LogP contribution in [-0.4, -0.2) is 43.0 Å². The average Bonchev–Trinajstić information content (AvgIpc) is 1.95. The molecule has 8 nitrogen and oxygen atoms in total. The molecule has 0 spiro atoms. The van der Waals surface area contributed by atoms with Gasteiger partial charge in [0.1, 0.15) is 11.6 Å². The molecular weight excluding hydrogens is 252 g/mol. The monoisotopic (exact) mass is 268 g/mol. The van der Waals surface area contributed by atoms with Gasteiger partial charge in [-0.3, -0.25) is 0 Å². The van der Waals surface area contributed by atoms with E-state index in [4.69, 9.17) is 15.0 Å². The van der Waals surface area contributed by atoms with Crippen LogP contribution in [0.3, 0.4) is 0 Å². The molecule has 0 saturated carbocycles. The molecule has 0 aromatic carbocycles. The van der Waals surface area contributed by atoms with Crippen LogP contribution < -0.4 is 10.5 Å². The van der Waals surface area contributed by atoms with Crippen molar-refractivity contribution in [3.63, 3.8) is 0 Å². The number of ether oxygens (including phenoxy) is 1. The van der Waals surface area contributed by atoms with Crippen molar-refractivity contribution in [3.8, 4) is 0 Å². The van der Waals surface area contributed by atoms with Gasteiger partial charge in [0, 0.05) is 0 Å². The van der Waals surface area contributed by atoms with Gasteiger partial charge in [-0.2, -0.15) is 0 Å². The lowest BCUT2D eigenvalue weighted by molar-refractivity contribution is -0.138. The summed E-state index contributed by atoms with van der Waals surface area (Å²) in [6.45, 7) is 4.76. The van der Waals surface area contributed by atoms with Gasteiger partial charge in [-0.15, -0.1) is 0 Å². The number of primary sulfonamides is 1. The van der Waals surface area contributed by atoms with E-state index in [-0.39, 0.29) is 0 Å². The number of hydrogen-bond donors (Lipinski definition) is 3. The molecule has 0 heterocycles. The Morgan fingerprint density at radius 2 is 1.88 bits per heavy atom. The summed E-state index contributed by atoms with van der Waals surface area (Å²) in [6, 6.07) is -1.64. The van der Waals surface area contributed by atoms with Crippen molar-refractivity contribution in [2.45, 2.75) is 32.4 Å². The van der Waals surface area contributed by atoms with Crippen LogP contribution in [0.15, 0.2) is 0 Å². The van der Waals surface area contributed by atoms with Crippen LogP contribution >= 0.6 is 0 Å². The van der Waals surface area contributed by atoms with Gasteiger partial charge in [0.15, 0.2) is 0 Å². The molecule has 9 heteroatoms. The van der Waals surface area contributed by atoms with E-state index in [9.17, 15) is 18.0 Å². The second-order valence-electron chi connectivity index (χ2n) is 4.37. The molecule has 0 radical (unpaired) electrons. The normalized spacial score (nSPS) is 13.9. The molecule has 0 rings (SSSR count). The lowest BCUT2D eigenvalue weighted by Gasteiger charge is -2.21. The topological polar surface area (TPSA) is 136 Å². The van der Waals surface area contributed by atoms with Crippen molar-refractivity contribution in [1.29, 1.82) is 0 Å². The number of sulfonamides is 1. The van der Waals surface area contributed by atoms with E-state index in [2.05, 4.69) is 0 Å². The molecule has 0 aliphatic heterocycles. The molecule has 100 valence electrons. The fraction of sp³-hybridized carbons (Fsp3) is 0.750. The number of carbonyl (C=O) groups excluding carboxylic acids is 1. The molecule has 0 bridgehead atoms. The third-order valence-corrected chi connectivity index (χ3v) is 2.19. The Morgan fingerprint density at radius 1 is 1.41 bits per heavy atom. The van der Waals surface area contributed by atoms with Crippen LogP contribution in [0.4, 0.5) is 4.79 Å². The summed E-state index contributed by atoms with van der Waals surface area (Å²) in [5.74, 6) is -2.41. The second kappa shape index (κ2) is 5.32. The van der Waals surface area contributed by atoms with Gasteiger partial charge in [0.2, 0.25) is 10.0 Å². The third-order valence-electron chi connectivity index (χ3n) is 1.39. The Bertz CT molecular complexity index is 397. The first-order valence-electron chi connectivity index (χ1n) is 4.63.